The van der Waals surface area contributed by atoms with Crippen molar-refractivity contribution in [2.75, 3.05) is 53.4 Å². The summed E-state index contributed by atoms with van der Waals surface area (Å²) < 4.78 is 5.20. The van der Waals surface area contributed by atoms with Crippen LogP contribution in [0.25, 0.3) is 0 Å². The normalized spacial score (nSPS) is 16.6. The second-order valence-electron chi connectivity index (χ2n) is 5.32. The smallest absolute Gasteiger partial charge is 0.120 e. The number of methoxy groups -OCH3 is 1. The molecule has 0 atom stereocenters. The highest BCUT2D eigenvalue weighted by atomic mass is 16.5. The molecular weight excluding hydrogens is 254 g/mol. The van der Waals surface area contributed by atoms with Gasteiger partial charge in [0.15, 0.2) is 0 Å². The maximum absolute atomic E-state index is 9.90. The van der Waals surface area contributed by atoms with E-state index >= 15 is 0 Å². The Morgan fingerprint density at radius 1 is 1.35 bits per heavy atom. The van der Waals surface area contributed by atoms with Gasteiger partial charge in [0.2, 0.25) is 0 Å². The van der Waals surface area contributed by atoms with E-state index in [1.165, 1.54) is 0 Å². The summed E-state index contributed by atoms with van der Waals surface area (Å²) in [5.41, 5.74) is 0.909. The minimum absolute atomic E-state index is 0.333. The van der Waals surface area contributed by atoms with E-state index in [0.29, 0.717) is 5.75 Å². The van der Waals surface area contributed by atoms with Crippen LogP contribution >= 0.6 is 0 Å². The molecule has 1 aromatic carbocycles. The average Bonchev–Trinajstić information content (AvgIpc) is 2.48. The number of phenols is 1. The number of benzene rings is 1. The molecule has 1 heterocycles. The number of hydrogen-bond donors (Lipinski definition) is 2. The van der Waals surface area contributed by atoms with Crippen LogP contribution in [-0.4, -0.2) is 68.3 Å². The molecule has 5 nitrogen and oxygen atoms in total. The predicted molar refractivity (Wildman–Crippen MR) is 80.3 cm³/mol. The maximum atomic E-state index is 9.90. The van der Waals surface area contributed by atoms with Crippen molar-refractivity contribution in [2.24, 2.45) is 0 Å². The molecule has 0 radical (unpaired) electrons. The Kier molecular flexibility index (Phi) is 5.64. The first kappa shape index (κ1) is 15.1. The minimum Gasteiger partial charge on any atom is -0.508 e. The number of nitrogens with one attached hydrogen (secondary N) is 1. The number of nitrogens with zero attached hydrogens (tertiary/aromatic N) is 2. The fourth-order valence-corrected chi connectivity index (χ4v) is 2.43. The van der Waals surface area contributed by atoms with Crippen molar-refractivity contribution in [2.45, 2.75) is 6.54 Å². The lowest BCUT2D eigenvalue weighted by atomic mass is 10.2. The lowest BCUT2D eigenvalue weighted by Gasteiger charge is -2.29. The van der Waals surface area contributed by atoms with Crippen LogP contribution in [0.2, 0.25) is 0 Å². The molecule has 2 N–H and O–H groups in total. The third-order valence-electron chi connectivity index (χ3n) is 3.73. The number of likely N-dealkylation sites (N-methyl/N-ethyl adjacent to an activating group) is 1. The molecule has 5 heteroatoms. The van der Waals surface area contributed by atoms with Gasteiger partial charge in [-0.3, -0.25) is 4.90 Å². The number of aromatic hydroxyl groups is 1. The summed E-state index contributed by atoms with van der Waals surface area (Å²) in [6.45, 7) is 7.21. The first-order valence-electron chi connectivity index (χ1n) is 7.16. The van der Waals surface area contributed by atoms with Crippen molar-refractivity contribution in [3.05, 3.63) is 23.8 Å². The van der Waals surface area contributed by atoms with Crippen molar-refractivity contribution in [3.8, 4) is 11.5 Å². The van der Waals surface area contributed by atoms with Gasteiger partial charge in [-0.15, -0.1) is 0 Å². The van der Waals surface area contributed by atoms with Gasteiger partial charge in [0, 0.05) is 51.4 Å². The largest absolute Gasteiger partial charge is 0.508 e. The summed E-state index contributed by atoms with van der Waals surface area (Å²) in [5.74, 6) is 1.12. The highest BCUT2D eigenvalue weighted by molar-refractivity contribution is 5.39. The molecule has 0 unspecified atom stereocenters. The Hall–Kier alpha value is -1.30. The Bertz CT molecular complexity index is 420. The molecule has 0 amide bonds. The molecule has 112 valence electrons. The Balaban J connectivity index is 1.82. The highest BCUT2D eigenvalue weighted by Crippen LogP contribution is 2.23. The van der Waals surface area contributed by atoms with Gasteiger partial charge in [0.1, 0.15) is 11.5 Å². The third kappa shape index (κ3) is 4.37. The van der Waals surface area contributed by atoms with Crippen LogP contribution in [0, 0.1) is 0 Å². The Labute approximate surface area is 121 Å². The molecule has 0 aliphatic carbocycles. The van der Waals surface area contributed by atoms with Gasteiger partial charge in [-0.2, -0.15) is 0 Å². The van der Waals surface area contributed by atoms with E-state index in [1.54, 1.807) is 19.2 Å². The summed E-state index contributed by atoms with van der Waals surface area (Å²) in [4.78, 5) is 4.70. The van der Waals surface area contributed by atoms with Crippen LogP contribution in [0.1, 0.15) is 5.56 Å². The van der Waals surface area contributed by atoms with Crippen molar-refractivity contribution in [1.82, 2.24) is 15.1 Å². The molecule has 1 aromatic rings. The van der Waals surface area contributed by atoms with Crippen LogP contribution in [0.5, 0.6) is 11.5 Å². The number of hydrogen-bond acceptors (Lipinski definition) is 5. The zero-order valence-corrected chi connectivity index (χ0v) is 12.4. The molecule has 1 fully saturated rings. The molecule has 0 bridgehead atoms. The zero-order valence-electron chi connectivity index (χ0n) is 12.4. The van der Waals surface area contributed by atoms with E-state index in [2.05, 4.69) is 22.2 Å². The van der Waals surface area contributed by atoms with Gasteiger partial charge < -0.3 is 20.1 Å². The fourth-order valence-electron chi connectivity index (χ4n) is 2.43. The Morgan fingerprint density at radius 2 is 2.10 bits per heavy atom. The fraction of sp³-hybridized carbons (Fsp3) is 0.600. The van der Waals surface area contributed by atoms with Crippen LogP contribution < -0.4 is 10.1 Å². The van der Waals surface area contributed by atoms with Gasteiger partial charge in [0.05, 0.1) is 7.11 Å². The summed E-state index contributed by atoms with van der Waals surface area (Å²) in [6.07, 6.45) is 0. The lowest BCUT2D eigenvalue weighted by Crippen LogP contribution is -2.45. The van der Waals surface area contributed by atoms with Crippen LogP contribution in [0.4, 0.5) is 0 Å². The SMILES string of the molecule is COc1ccc(O)c(CN(C)CCN2CCNCC2)c1. The second kappa shape index (κ2) is 7.47. The molecule has 1 aliphatic heterocycles. The number of phenolic OH excluding ortho intramolecular Hbond substituents is 1. The number of rotatable bonds is 6. The van der Waals surface area contributed by atoms with Gasteiger partial charge >= 0.3 is 0 Å². The van der Waals surface area contributed by atoms with E-state index in [0.717, 1.165) is 57.1 Å². The standard InChI is InChI=1S/C15H25N3O2/c1-17(9-10-18-7-5-16-6-8-18)12-13-11-14(20-2)3-4-15(13)19/h3-4,11,16,19H,5-10,12H2,1-2H3. The van der Waals surface area contributed by atoms with Gasteiger partial charge in [-0.05, 0) is 25.2 Å². The maximum Gasteiger partial charge on any atom is 0.120 e. The predicted octanol–water partition coefficient (Wildman–Crippen LogP) is 0.738. The monoisotopic (exact) mass is 279 g/mol. The first-order valence-corrected chi connectivity index (χ1v) is 7.16. The molecule has 1 aliphatic rings. The molecule has 0 spiro atoms. The second-order valence-corrected chi connectivity index (χ2v) is 5.32. The summed E-state index contributed by atoms with van der Waals surface area (Å²) in [5, 5.41) is 13.3. The number of ether oxygens (including phenoxy) is 1. The number of piperazine rings is 1. The van der Waals surface area contributed by atoms with Gasteiger partial charge in [0.25, 0.3) is 0 Å². The van der Waals surface area contributed by atoms with E-state index in [4.69, 9.17) is 4.74 Å². The quantitative estimate of drug-likeness (QED) is 0.804. The zero-order chi connectivity index (χ0) is 14.4. The summed E-state index contributed by atoms with van der Waals surface area (Å²) in [6, 6.07) is 5.37. The van der Waals surface area contributed by atoms with Gasteiger partial charge in [-0.25, -0.2) is 0 Å². The van der Waals surface area contributed by atoms with Gasteiger partial charge in [-0.1, -0.05) is 0 Å². The van der Waals surface area contributed by atoms with Crippen LogP contribution in [-0.2, 0) is 6.54 Å². The van der Waals surface area contributed by atoms with E-state index < -0.39 is 0 Å². The van der Waals surface area contributed by atoms with E-state index in [1.807, 2.05) is 6.07 Å². The lowest BCUT2D eigenvalue weighted by molar-refractivity contribution is 0.201. The van der Waals surface area contributed by atoms with Crippen molar-refractivity contribution >= 4 is 0 Å². The molecule has 2 rings (SSSR count). The molecule has 0 aromatic heterocycles. The van der Waals surface area contributed by atoms with Crippen molar-refractivity contribution < 1.29 is 9.84 Å². The summed E-state index contributed by atoms with van der Waals surface area (Å²) >= 11 is 0. The topological polar surface area (TPSA) is 48.0 Å². The molecule has 20 heavy (non-hydrogen) atoms. The van der Waals surface area contributed by atoms with E-state index in [9.17, 15) is 5.11 Å². The van der Waals surface area contributed by atoms with E-state index in [-0.39, 0.29) is 0 Å². The average molecular weight is 279 g/mol. The molecular formula is C15H25N3O2. The highest BCUT2D eigenvalue weighted by Gasteiger charge is 2.11. The first-order chi connectivity index (χ1) is 9.69. The minimum atomic E-state index is 0.333. The van der Waals surface area contributed by atoms with Crippen molar-refractivity contribution in [3.63, 3.8) is 0 Å². The van der Waals surface area contributed by atoms with Crippen molar-refractivity contribution in [1.29, 1.82) is 0 Å². The summed E-state index contributed by atoms with van der Waals surface area (Å²) in [7, 11) is 3.73. The third-order valence-corrected chi connectivity index (χ3v) is 3.73. The Morgan fingerprint density at radius 3 is 2.80 bits per heavy atom. The molecule has 0 saturated carbocycles. The van der Waals surface area contributed by atoms with Crippen LogP contribution in [0.3, 0.4) is 0 Å². The van der Waals surface area contributed by atoms with Crippen LogP contribution in [0.15, 0.2) is 18.2 Å². The molecule has 1 saturated heterocycles.